The third-order valence-electron chi connectivity index (χ3n) is 4.14. The van der Waals surface area contributed by atoms with Gasteiger partial charge < -0.3 is 4.90 Å². The van der Waals surface area contributed by atoms with Gasteiger partial charge in [0.2, 0.25) is 5.69 Å². The molecule has 2 heteroatoms. The van der Waals surface area contributed by atoms with Crippen LogP contribution in [0.2, 0.25) is 0 Å². The van der Waals surface area contributed by atoms with Crippen molar-refractivity contribution in [2.24, 2.45) is 0 Å². The number of nitrogens with zero attached hydrogens (tertiary/aromatic N) is 2. The van der Waals surface area contributed by atoms with Crippen molar-refractivity contribution in [3.63, 3.8) is 0 Å². The molecule has 0 amide bonds. The molecule has 2 aromatic rings. The Balaban J connectivity index is 2.05. The van der Waals surface area contributed by atoms with Crippen molar-refractivity contribution in [3.05, 3.63) is 83.8 Å². The van der Waals surface area contributed by atoms with E-state index in [1.165, 1.54) is 28.2 Å². The molecule has 0 bridgehead atoms. The highest BCUT2D eigenvalue weighted by molar-refractivity contribution is 5.79. The average Bonchev–Trinajstić information content (AvgIpc) is 2.56. The number of hydrogen-bond donors (Lipinski definition) is 0. The maximum Gasteiger partial charge on any atom is 0.207 e. The molecule has 0 saturated heterocycles. The minimum absolute atomic E-state index is 0.811. The van der Waals surface area contributed by atoms with E-state index in [-0.39, 0.29) is 0 Å². The zero-order valence-corrected chi connectivity index (χ0v) is 13.9. The van der Waals surface area contributed by atoms with Gasteiger partial charge in [-0.3, -0.25) is 0 Å². The van der Waals surface area contributed by atoms with Crippen molar-refractivity contribution in [1.29, 1.82) is 0 Å². The van der Waals surface area contributed by atoms with Gasteiger partial charge in [-0.1, -0.05) is 24.8 Å². The summed E-state index contributed by atoms with van der Waals surface area (Å²) in [7, 11) is 0. The summed E-state index contributed by atoms with van der Waals surface area (Å²) >= 11 is 0. The zero-order chi connectivity index (χ0) is 16.2. The van der Waals surface area contributed by atoms with Gasteiger partial charge in [0, 0.05) is 36.1 Å². The molecule has 0 N–H and O–H groups in total. The van der Waals surface area contributed by atoms with Crippen molar-refractivity contribution in [2.45, 2.75) is 20.4 Å². The summed E-state index contributed by atoms with van der Waals surface area (Å²) in [6.45, 7) is 9.95. The molecule has 0 atom stereocenters. The number of fused-ring (bicyclic) bond motifs is 1. The van der Waals surface area contributed by atoms with Crippen LogP contribution in [0, 0.1) is 6.92 Å². The van der Waals surface area contributed by atoms with Gasteiger partial charge in [-0.2, -0.15) is 4.57 Å². The van der Waals surface area contributed by atoms with E-state index in [0.29, 0.717) is 0 Å². The lowest BCUT2D eigenvalue weighted by atomic mass is 10.0. The Morgan fingerprint density at radius 1 is 1.17 bits per heavy atom. The van der Waals surface area contributed by atoms with Crippen LogP contribution in [-0.2, 0) is 6.54 Å². The number of anilines is 1. The number of benzene rings is 1. The third kappa shape index (κ3) is 3.11. The number of pyridine rings is 1. The van der Waals surface area contributed by atoms with E-state index in [1.54, 1.807) is 0 Å². The second-order valence-corrected chi connectivity index (χ2v) is 5.78. The van der Waals surface area contributed by atoms with Gasteiger partial charge >= 0.3 is 0 Å². The number of aromatic nitrogens is 1. The first-order valence-corrected chi connectivity index (χ1v) is 8.10. The van der Waals surface area contributed by atoms with Crippen molar-refractivity contribution in [2.75, 3.05) is 11.4 Å². The van der Waals surface area contributed by atoms with Crippen LogP contribution in [0.3, 0.4) is 0 Å². The molecule has 0 spiro atoms. The molecule has 1 aromatic heterocycles. The summed E-state index contributed by atoms with van der Waals surface area (Å²) in [4.78, 5) is 2.37. The number of hydrogen-bond acceptors (Lipinski definition) is 1. The van der Waals surface area contributed by atoms with Gasteiger partial charge in [0.15, 0.2) is 12.7 Å². The molecule has 0 fully saturated rings. The van der Waals surface area contributed by atoms with Crippen LogP contribution in [0.25, 0.3) is 12.2 Å². The van der Waals surface area contributed by atoms with Crippen molar-refractivity contribution >= 4 is 17.8 Å². The van der Waals surface area contributed by atoms with Gasteiger partial charge in [0.1, 0.15) is 0 Å². The first-order valence-electron chi connectivity index (χ1n) is 8.10. The predicted molar refractivity (Wildman–Crippen MR) is 98.0 cm³/mol. The summed E-state index contributed by atoms with van der Waals surface area (Å²) in [5.74, 6) is 0. The van der Waals surface area contributed by atoms with Crippen LogP contribution < -0.4 is 9.47 Å². The third-order valence-corrected chi connectivity index (χ3v) is 4.14. The summed E-state index contributed by atoms with van der Waals surface area (Å²) in [6, 6.07) is 12.9. The molecular formula is C21H23N2+. The Kier molecular flexibility index (Phi) is 4.42. The molecule has 3 rings (SSSR count). The fourth-order valence-electron chi connectivity index (χ4n) is 2.99. The monoisotopic (exact) mass is 303 g/mol. The first kappa shape index (κ1) is 15.3. The Hall–Kier alpha value is -2.61. The van der Waals surface area contributed by atoms with Crippen LogP contribution in [0.4, 0.5) is 5.69 Å². The van der Waals surface area contributed by atoms with E-state index in [0.717, 1.165) is 13.1 Å². The van der Waals surface area contributed by atoms with Crippen molar-refractivity contribution in [3.8, 4) is 0 Å². The zero-order valence-electron chi connectivity index (χ0n) is 13.9. The van der Waals surface area contributed by atoms with Gasteiger partial charge in [-0.25, -0.2) is 0 Å². The van der Waals surface area contributed by atoms with Crippen LogP contribution in [0.1, 0.15) is 23.7 Å². The maximum absolute atomic E-state index is 3.85. The molecule has 2 heterocycles. The lowest BCUT2D eigenvalue weighted by molar-refractivity contribution is -0.688. The summed E-state index contributed by atoms with van der Waals surface area (Å²) in [5.41, 5.74) is 6.25. The van der Waals surface area contributed by atoms with Gasteiger partial charge in [0.05, 0.1) is 0 Å². The first-order chi connectivity index (χ1) is 11.2. The van der Waals surface area contributed by atoms with E-state index < -0.39 is 0 Å². The second-order valence-electron chi connectivity index (χ2n) is 5.78. The highest BCUT2D eigenvalue weighted by Crippen LogP contribution is 2.32. The van der Waals surface area contributed by atoms with Gasteiger partial charge in [0.25, 0.3) is 0 Å². The topological polar surface area (TPSA) is 7.12 Å². The molecule has 1 aromatic carbocycles. The van der Waals surface area contributed by atoms with E-state index in [4.69, 9.17) is 0 Å². The molecule has 0 saturated carbocycles. The SMILES string of the molecule is C=CC[n+]1ccccc1/C=C1/C=Cc2ccc(C)cc2N1CC. The predicted octanol–water partition coefficient (Wildman–Crippen LogP) is 4.36. The smallest absolute Gasteiger partial charge is 0.207 e. The lowest BCUT2D eigenvalue weighted by Gasteiger charge is -2.29. The van der Waals surface area contributed by atoms with E-state index in [2.05, 4.69) is 90.7 Å². The normalized spacial score (nSPS) is 14.9. The minimum Gasteiger partial charge on any atom is -0.341 e. The molecule has 116 valence electrons. The van der Waals surface area contributed by atoms with Crippen LogP contribution in [-0.4, -0.2) is 6.54 Å². The molecule has 1 aliphatic heterocycles. The number of aryl methyl sites for hydroxylation is 1. The Morgan fingerprint density at radius 2 is 2.04 bits per heavy atom. The highest BCUT2D eigenvalue weighted by atomic mass is 15.1. The average molecular weight is 303 g/mol. The summed E-state index contributed by atoms with van der Waals surface area (Å²) in [6.07, 6.45) is 10.7. The van der Waals surface area contributed by atoms with Crippen molar-refractivity contribution in [1.82, 2.24) is 0 Å². The van der Waals surface area contributed by atoms with E-state index >= 15 is 0 Å². The molecule has 23 heavy (non-hydrogen) atoms. The minimum atomic E-state index is 0.811. The van der Waals surface area contributed by atoms with E-state index in [9.17, 15) is 0 Å². The second kappa shape index (κ2) is 6.66. The largest absolute Gasteiger partial charge is 0.341 e. The lowest BCUT2D eigenvalue weighted by Crippen LogP contribution is -2.36. The number of rotatable bonds is 4. The number of allylic oxidation sites excluding steroid dienone is 2. The molecule has 0 unspecified atom stereocenters. The van der Waals surface area contributed by atoms with Crippen LogP contribution in [0.5, 0.6) is 0 Å². The summed E-state index contributed by atoms with van der Waals surface area (Å²) in [5, 5.41) is 0. The molecule has 0 aliphatic carbocycles. The molecule has 2 nitrogen and oxygen atoms in total. The maximum atomic E-state index is 3.85. The standard InChI is InChI=1S/C21H23N2/c1-4-13-22-14-7-6-8-19(22)16-20-12-11-18-10-9-17(3)15-21(18)23(20)5-2/h4,6-12,14-16H,1,5,13H2,2-3H3/q+1. The number of likely N-dealkylation sites (N-methyl/N-ethyl adjacent to an activating group) is 1. The Bertz CT molecular complexity index is 784. The fourth-order valence-corrected chi connectivity index (χ4v) is 2.99. The molecule has 1 aliphatic rings. The van der Waals surface area contributed by atoms with Crippen molar-refractivity contribution < 1.29 is 4.57 Å². The molecular weight excluding hydrogens is 280 g/mol. The Morgan fingerprint density at radius 3 is 2.83 bits per heavy atom. The molecule has 0 radical (unpaired) electrons. The summed E-state index contributed by atoms with van der Waals surface area (Å²) < 4.78 is 2.20. The van der Waals surface area contributed by atoms with E-state index in [1.807, 2.05) is 6.08 Å². The van der Waals surface area contributed by atoms with Crippen LogP contribution >= 0.6 is 0 Å². The van der Waals surface area contributed by atoms with Gasteiger partial charge in [-0.05, 0) is 49.3 Å². The van der Waals surface area contributed by atoms with Gasteiger partial charge in [-0.15, -0.1) is 0 Å². The highest BCUT2D eigenvalue weighted by Gasteiger charge is 2.17. The quantitative estimate of drug-likeness (QED) is 0.601. The van der Waals surface area contributed by atoms with Crippen LogP contribution in [0.15, 0.2) is 67.0 Å². The Labute approximate surface area is 138 Å². The fraction of sp³-hybridized carbons (Fsp3) is 0.190.